The Kier molecular flexibility index (Phi) is 3.52. The van der Waals surface area contributed by atoms with Crippen LogP contribution in [0.25, 0.3) is 0 Å². The van der Waals surface area contributed by atoms with E-state index >= 15 is 0 Å². The van der Waals surface area contributed by atoms with Gasteiger partial charge in [-0.3, -0.25) is 0 Å². The SMILES string of the molecule is COc1nc(Nc2cccc(C)c2)nc2c1CCNC2. The van der Waals surface area contributed by atoms with Gasteiger partial charge in [-0.1, -0.05) is 12.1 Å². The van der Waals surface area contributed by atoms with Crippen molar-refractivity contribution in [3.05, 3.63) is 41.1 Å². The molecule has 0 aliphatic carbocycles. The van der Waals surface area contributed by atoms with Gasteiger partial charge in [0.05, 0.1) is 12.8 Å². The molecule has 5 nitrogen and oxygen atoms in total. The zero-order valence-electron chi connectivity index (χ0n) is 11.7. The van der Waals surface area contributed by atoms with Crippen LogP contribution in [0.5, 0.6) is 5.88 Å². The number of ether oxygens (including phenoxy) is 1. The molecule has 2 aromatic rings. The molecule has 0 fully saturated rings. The summed E-state index contributed by atoms with van der Waals surface area (Å²) in [5, 5.41) is 6.56. The molecule has 2 N–H and O–H groups in total. The van der Waals surface area contributed by atoms with Crippen molar-refractivity contribution in [2.24, 2.45) is 0 Å². The van der Waals surface area contributed by atoms with Crippen LogP contribution < -0.4 is 15.4 Å². The number of aromatic nitrogens is 2. The molecule has 1 aromatic carbocycles. The smallest absolute Gasteiger partial charge is 0.230 e. The molecular weight excluding hydrogens is 252 g/mol. The molecule has 0 atom stereocenters. The van der Waals surface area contributed by atoms with Crippen molar-refractivity contribution in [1.29, 1.82) is 0 Å². The summed E-state index contributed by atoms with van der Waals surface area (Å²) >= 11 is 0. The zero-order chi connectivity index (χ0) is 13.9. The van der Waals surface area contributed by atoms with E-state index in [1.807, 2.05) is 12.1 Å². The zero-order valence-corrected chi connectivity index (χ0v) is 11.7. The summed E-state index contributed by atoms with van der Waals surface area (Å²) in [7, 11) is 1.65. The van der Waals surface area contributed by atoms with Gasteiger partial charge in [0.1, 0.15) is 0 Å². The van der Waals surface area contributed by atoms with Crippen molar-refractivity contribution in [2.45, 2.75) is 19.9 Å². The van der Waals surface area contributed by atoms with E-state index in [1.165, 1.54) is 5.56 Å². The molecule has 1 aromatic heterocycles. The largest absolute Gasteiger partial charge is 0.481 e. The van der Waals surface area contributed by atoms with E-state index in [1.54, 1.807) is 7.11 Å². The Bertz CT molecular complexity index is 610. The fourth-order valence-corrected chi connectivity index (χ4v) is 2.40. The van der Waals surface area contributed by atoms with Crippen LogP contribution in [0.15, 0.2) is 24.3 Å². The summed E-state index contributed by atoms with van der Waals surface area (Å²) in [4.78, 5) is 9.04. The number of aryl methyl sites for hydroxylation is 1. The Morgan fingerprint density at radius 2 is 2.20 bits per heavy atom. The van der Waals surface area contributed by atoms with Gasteiger partial charge >= 0.3 is 0 Å². The van der Waals surface area contributed by atoms with Gasteiger partial charge in [-0.15, -0.1) is 0 Å². The second-order valence-electron chi connectivity index (χ2n) is 4.90. The Morgan fingerprint density at radius 1 is 1.30 bits per heavy atom. The van der Waals surface area contributed by atoms with E-state index in [0.717, 1.165) is 36.5 Å². The molecule has 1 aliphatic rings. The lowest BCUT2D eigenvalue weighted by Crippen LogP contribution is -2.26. The lowest BCUT2D eigenvalue weighted by molar-refractivity contribution is 0.387. The number of nitrogens with zero attached hydrogens (tertiary/aromatic N) is 2. The number of fused-ring (bicyclic) bond motifs is 1. The average Bonchev–Trinajstić information content (AvgIpc) is 2.46. The third kappa shape index (κ3) is 2.58. The standard InChI is InChI=1S/C15H18N4O/c1-10-4-3-5-11(8-10)17-15-18-13-9-16-7-6-12(13)14(19-15)20-2/h3-5,8,16H,6-7,9H2,1-2H3,(H,17,18,19). The van der Waals surface area contributed by atoms with Crippen LogP contribution in [0.4, 0.5) is 11.6 Å². The summed E-state index contributed by atoms with van der Waals surface area (Å²) in [5.74, 6) is 1.25. The molecule has 0 saturated carbocycles. The number of methoxy groups -OCH3 is 1. The number of anilines is 2. The highest BCUT2D eigenvalue weighted by molar-refractivity contribution is 5.55. The van der Waals surface area contributed by atoms with Gasteiger partial charge < -0.3 is 15.4 Å². The van der Waals surface area contributed by atoms with Gasteiger partial charge in [0, 0.05) is 17.8 Å². The third-order valence-electron chi connectivity index (χ3n) is 3.37. The van der Waals surface area contributed by atoms with E-state index < -0.39 is 0 Å². The van der Waals surface area contributed by atoms with Crippen molar-refractivity contribution in [2.75, 3.05) is 19.0 Å². The number of benzene rings is 1. The molecule has 2 heterocycles. The van der Waals surface area contributed by atoms with Gasteiger partial charge in [0.25, 0.3) is 0 Å². The number of nitrogens with one attached hydrogen (secondary N) is 2. The Labute approximate surface area is 118 Å². The van der Waals surface area contributed by atoms with Gasteiger partial charge in [0.15, 0.2) is 0 Å². The average molecular weight is 270 g/mol. The predicted molar refractivity (Wildman–Crippen MR) is 78.5 cm³/mol. The topological polar surface area (TPSA) is 59.1 Å². The van der Waals surface area contributed by atoms with Crippen molar-refractivity contribution in [1.82, 2.24) is 15.3 Å². The van der Waals surface area contributed by atoms with Crippen molar-refractivity contribution in [3.8, 4) is 5.88 Å². The quantitative estimate of drug-likeness (QED) is 0.895. The number of hydrogen-bond donors (Lipinski definition) is 2. The second-order valence-corrected chi connectivity index (χ2v) is 4.90. The van der Waals surface area contributed by atoms with Crippen molar-refractivity contribution in [3.63, 3.8) is 0 Å². The Hall–Kier alpha value is -2.14. The molecule has 0 spiro atoms. The maximum absolute atomic E-state index is 5.40. The van der Waals surface area contributed by atoms with E-state index in [-0.39, 0.29) is 0 Å². The lowest BCUT2D eigenvalue weighted by Gasteiger charge is -2.19. The molecule has 104 valence electrons. The number of rotatable bonds is 3. The highest BCUT2D eigenvalue weighted by Gasteiger charge is 2.18. The van der Waals surface area contributed by atoms with Crippen molar-refractivity contribution < 1.29 is 4.74 Å². The fraction of sp³-hybridized carbons (Fsp3) is 0.333. The van der Waals surface area contributed by atoms with Crippen LogP contribution >= 0.6 is 0 Å². The summed E-state index contributed by atoms with van der Waals surface area (Å²) < 4.78 is 5.40. The predicted octanol–water partition coefficient (Wildman–Crippen LogP) is 2.18. The van der Waals surface area contributed by atoms with Crippen LogP contribution in [-0.2, 0) is 13.0 Å². The molecule has 0 saturated heterocycles. The monoisotopic (exact) mass is 270 g/mol. The summed E-state index contributed by atoms with van der Waals surface area (Å²) in [6.45, 7) is 3.76. The first kappa shape index (κ1) is 12.9. The molecule has 0 unspecified atom stereocenters. The highest BCUT2D eigenvalue weighted by atomic mass is 16.5. The van der Waals surface area contributed by atoms with Gasteiger partial charge in [-0.2, -0.15) is 4.98 Å². The van der Waals surface area contributed by atoms with Crippen LogP contribution in [-0.4, -0.2) is 23.6 Å². The van der Waals surface area contributed by atoms with Crippen LogP contribution in [0, 0.1) is 6.92 Å². The first-order valence-electron chi connectivity index (χ1n) is 6.74. The summed E-state index contributed by atoms with van der Waals surface area (Å²) in [6.07, 6.45) is 0.906. The first-order valence-corrected chi connectivity index (χ1v) is 6.74. The minimum Gasteiger partial charge on any atom is -0.481 e. The molecule has 20 heavy (non-hydrogen) atoms. The maximum Gasteiger partial charge on any atom is 0.230 e. The van der Waals surface area contributed by atoms with Crippen LogP contribution in [0.1, 0.15) is 16.8 Å². The second kappa shape index (κ2) is 5.46. The normalized spacial score (nSPS) is 13.7. The summed E-state index contributed by atoms with van der Waals surface area (Å²) in [5.41, 5.74) is 4.30. The Balaban J connectivity index is 1.94. The molecule has 0 radical (unpaired) electrons. The molecule has 0 amide bonds. The van der Waals surface area contributed by atoms with Gasteiger partial charge in [-0.05, 0) is 37.6 Å². The minimum absolute atomic E-state index is 0.579. The molecule has 1 aliphatic heterocycles. The molecule has 5 heteroatoms. The van der Waals surface area contributed by atoms with Gasteiger partial charge in [0.2, 0.25) is 11.8 Å². The Morgan fingerprint density at radius 3 is 3.00 bits per heavy atom. The van der Waals surface area contributed by atoms with E-state index in [9.17, 15) is 0 Å². The van der Waals surface area contributed by atoms with Gasteiger partial charge in [-0.25, -0.2) is 4.98 Å². The van der Waals surface area contributed by atoms with E-state index in [4.69, 9.17) is 4.74 Å². The molecule has 3 rings (SSSR count). The minimum atomic E-state index is 0.579. The van der Waals surface area contributed by atoms with Crippen LogP contribution in [0.2, 0.25) is 0 Å². The molecular formula is C15H18N4O. The lowest BCUT2D eigenvalue weighted by atomic mass is 10.1. The van der Waals surface area contributed by atoms with E-state index in [0.29, 0.717) is 11.8 Å². The molecule has 0 bridgehead atoms. The van der Waals surface area contributed by atoms with E-state index in [2.05, 4.69) is 39.7 Å². The third-order valence-corrected chi connectivity index (χ3v) is 3.37. The fourth-order valence-electron chi connectivity index (χ4n) is 2.40. The van der Waals surface area contributed by atoms with Crippen molar-refractivity contribution >= 4 is 11.6 Å². The summed E-state index contributed by atoms with van der Waals surface area (Å²) in [6, 6.07) is 8.13. The van der Waals surface area contributed by atoms with Crippen LogP contribution in [0.3, 0.4) is 0 Å². The maximum atomic E-state index is 5.40. The first-order chi connectivity index (χ1) is 9.76. The number of hydrogen-bond acceptors (Lipinski definition) is 5. The highest BCUT2D eigenvalue weighted by Crippen LogP contribution is 2.25.